The molecule has 0 saturated carbocycles. The molecular weight excluding hydrogens is 781 g/mol. The lowest BCUT2D eigenvalue weighted by atomic mass is 9.91. The molecule has 0 saturated heterocycles. The molecule has 302 valence electrons. The van der Waals surface area contributed by atoms with Gasteiger partial charge in [-0.15, -0.1) is 0 Å². The summed E-state index contributed by atoms with van der Waals surface area (Å²) in [4.78, 5) is 4.91. The first-order valence-corrected chi connectivity index (χ1v) is 22.0. The SMILES string of the molecule is C1=CCC2C(=C1)N(c1ccc(-c3cccc4c3oc3ccccc34)cc1N(c1ccc(-c3ccccc3)cc1)c1ccc(-c3ccccc3)cc1)c1ccc3c(oc4ccccc43)c12. The van der Waals surface area contributed by atoms with Gasteiger partial charge in [-0.2, -0.15) is 0 Å². The van der Waals surface area contributed by atoms with Crippen molar-refractivity contribution in [2.75, 3.05) is 9.80 Å². The molecule has 0 fully saturated rings. The highest BCUT2D eigenvalue weighted by Crippen LogP contribution is 2.57. The predicted octanol–water partition coefficient (Wildman–Crippen LogP) is 17.0. The van der Waals surface area contributed by atoms with E-state index in [1.807, 2.05) is 6.07 Å². The summed E-state index contributed by atoms with van der Waals surface area (Å²) in [6.45, 7) is 0. The summed E-state index contributed by atoms with van der Waals surface area (Å²) in [6, 6.07) is 73.9. The zero-order valence-electron chi connectivity index (χ0n) is 34.9. The predicted molar refractivity (Wildman–Crippen MR) is 265 cm³/mol. The first kappa shape index (κ1) is 36.3. The number of benzene rings is 9. The Morgan fingerprint density at radius 1 is 0.438 bits per heavy atom. The fourth-order valence-electron chi connectivity index (χ4n) is 10.2. The first-order valence-electron chi connectivity index (χ1n) is 22.0. The zero-order valence-corrected chi connectivity index (χ0v) is 34.9. The van der Waals surface area contributed by atoms with Crippen LogP contribution < -0.4 is 9.80 Å². The Hall–Kier alpha value is -8.34. The van der Waals surface area contributed by atoms with Crippen LogP contribution in [0.4, 0.5) is 28.4 Å². The average molecular weight is 821 g/mol. The van der Waals surface area contributed by atoms with E-state index in [9.17, 15) is 0 Å². The number of hydrogen-bond acceptors (Lipinski definition) is 4. The number of furan rings is 2. The van der Waals surface area contributed by atoms with Gasteiger partial charge < -0.3 is 18.6 Å². The third-order valence-electron chi connectivity index (χ3n) is 13.2. The largest absolute Gasteiger partial charge is 0.456 e. The topological polar surface area (TPSA) is 32.8 Å². The molecule has 0 N–H and O–H groups in total. The number of hydrogen-bond donors (Lipinski definition) is 0. The van der Waals surface area contributed by atoms with Crippen molar-refractivity contribution >= 4 is 72.3 Å². The molecule has 11 aromatic rings. The summed E-state index contributed by atoms with van der Waals surface area (Å²) in [6.07, 6.45) is 7.68. The lowest BCUT2D eigenvalue weighted by Gasteiger charge is -2.33. The third kappa shape index (κ3) is 5.76. The van der Waals surface area contributed by atoms with Crippen molar-refractivity contribution in [3.8, 4) is 33.4 Å². The highest BCUT2D eigenvalue weighted by molar-refractivity contribution is 6.11. The maximum atomic E-state index is 6.78. The fraction of sp³-hybridized carbons (Fsp3) is 0.0333. The maximum Gasteiger partial charge on any atom is 0.143 e. The molecule has 1 atom stereocenters. The van der Waals surface area contributed by atoms with Gasteiger partial charge in [0.25, 0.3) is 0 Å². The Kier molecular flexibility index (Phi) is 8.31. The van der Waals surface area contributed by atoms with Crippen LogP contribution >= 0.6 is 0 Å². The maximum absolute atomic E-state index is 6.78. The number of para-hydroxylation sites is 3. The summed E-state index contributed by atoms with van der Waals surface area (Å²) in [5, 5.41) is 4.51. The molecular formula is C60H40N2O2. The fourth-order valence-corrected chi connectivity index (χ4v) is 10.2. The van der Waals surface area contributed by atoms with Gasteiger partial charge in [-0.05, 0) is 101 Å². The van der Waals surface area contributed by atoms with Gasteiger partial charge in [0.1, 0.15) is 22.3 Å². The van der Waals surface area contributed by atoms with Crippen molar-refractivity contribution in [1.29, 1.82) is 0 Å². The molecule has 2 aromatic heterocycles. The molecule has 2 aliphatic rings. The molecule has 1 aliphatic heterocycles. The molecule has 13 rings (SSSR count). The van der Waals surface area contributed by atoms with Crippen LogP contribution in [0, 0.1) is 0 Å². The minimum Gasteiger partial charge on any atom is -0.456 e. The van der Waals surface area contributed by atoms with E-state index in [0.717, 1.165) is 89.9 Å². The van der Waals surface area contributed by atoms with Gasteiger partial charge in [0.05, 0.1) is 17.1 Å². The van der Waals surface area contributed by atoms with Gasteiger partial charge in [0.2, 0.25) is 0 Å². The minimum atomic E-state index is 0.129. The van der Waals surface area contributed by atoms with Crippen LogP contribution in [0.1, 0.15) is 17.9 Å². The van der Waals surface area contributed by atoms with E-state index >= 15 is 0 Å². The number of nitrogens with zero attached hydrogens (tertiary/aromatic N) is 2. The van der Waals surface area contributed by atoms with Gasteiger partial charge in [-0.3, -0.25) is 0 Å². The van der Waals surface area contributed by atoms with Crippen LogP contribution in [-0.4, -0.2) is 0 Å². The lowest BCUT2D eigenvalue weighted by molar-refractivity contribution is 0.658. The van der Waals surface area contributed by atoms with Crippen molar-refractivity contribution in [1.82, 2.24) is 0 Å². The normalized spacial score (nSPS) is 14.3. The number of rotatable bonds is 7. The van der Waals surface area contributed by atoms with E-state index in [1.54, 1.807) is 0 Å². The summed E-state index contributed by atoms with van der Waals surface area (Å²) in [7, 11) is 0. The standard InChI is InChI=1S/C60H40N2O2/c1-3-14-39(15-4-1)41-26-31-44(32-27-41)61(45-33-28-42(29-34-45)40-16-5-2-6-17-40)55-38-43(46-21-13-22-49-47-18-8-11-24-56(47)63-59(46)49)30-36-53(55)62-52-23-10-7-20-51(52)58-54(62)37-35-50-48-19-9-12-25-57(48)64-60(50)58/h1-19,21-38,51H,20H2. The lowest BCUT2D eigenvalue weighted by Crippen LogP contribution is -2.19. The van der Waals surface area contributed by atoms with Crippen LogP contribution in [-0.2, 0) is 0 Å². The van der Waals surface area contributed by atoms with Gasteiger partial charge >= 0.3 is 0 Å². The molecule has 0 amide bonds. The molecule has 4 nitrogen and oxygen atoms in total. The first-order chi connectivity index (χ1) is 31.7. The molecule has 0 bridgehead atoms. The molecule has 0 radical (unpaired) electrons. The van der Waals surface area contributed by atoms with Crippen LogP contribution in [0.15, 0.2) is 239 Å². The van der Waals surface area contributed by atoms with Gasteiger partial charge in [0, 0.05) is 55.7 Å². The zero-order chi connectivity index (χ0) is 42.1. The van der Waals surface area contributed by atoms with Crippen molar-refractivity contribution in [3.63, 3.8) is 0 Å². The van der Waals surface area contributed by atoms with Crippen molar-refractivity contribution in [3.05, 3.63) is 236 Å². The van der Waals surface area contributed by atoms with Crippen molar-refractivity contribution < 1.29 is 8.83 Å². The second-order valence-electron chi connectivity index (χ2n) is 16.8. The van der Waals surface area contributed by atoms with Crippen LogP contribution in [0.3, 0.4) is 0 Å². The van der Waals surface area contributed by atoms with E-state index in [1.165, 1.54) is 33.5 Å². The quantitative estimate of drug-likeness (QED) is 0.160. The average Bonchev–Trinajstić information content (AvgIpc) is 4.05. The van der Waals surface area contributed by atoms with E-state index in [-0.39, 0.29) is 5.92 Å². The summed E-state index contributed by atoms with van der Waals surface area (Å²) in [5.74, 6) is 0.129. The molecule has 4 heteroatoms. The van der Waals surface area contributed by atoms with Crippen molar-refractivity contribution in [2.45, 2.75) is 12.3 Å². The molecule has 1 aliphatic carbocycles. The van der Waals surface area contributed by atoms with E-state index < -0.39 is 0 Å². The summed E-state index contributed by atoms with van der Waals surface area (Å²) >= 11 is 0. The van der Waals surface area contributed by atoms with Gasteiger partial charge in [-0.25, -0.2) is 0 Å². The monoisotopic (exact) mass is 820 g/mol. The Labute approximate surface area is 370 Å². The third-order valence-corrected chi connectivity index (χ3v) is 13.2. The van der Waals surface area contributed by atoms with E-state index in [0.29, 0.717) is 0 Å². The minimum absolute atomic E-state index is 0.129. The molecule has 1 unspecified atom stereocenters. The van der Waals surface area contributed by atoms with E-state index in [2.05, 4.69) is 228 Å². The molecule has 9 aromatic carbocycles. The summed E-state index contributed by atoms with van der Waals surface area (Å²) < 4.78 is 13.5. The highest BCUT2D eigenvalue weighted by Gasteiger charge is 2.39. The molecule has 0 spiro atoms. The van der Waals surface area contributed by atoms with Crippen LogP contribution in [0.5, 0.6) is 0 Å². The van der Waals surface area contributed by atoms with E-state index in [4.69, 9.17) is 8.83 Å². The number of anilines is 5. The Balaban J connectivity index is 1.07. The molecule has 64 heavy (non-hydrogen) atoms. The van der Waals surface area contributed by atoms with Crippen LogP contribution in [0.2, 0.25) is 0 Å². The molecule has 3 heterocycles. The number of allylic oxidation sites excluding steroid dienone is 4. The second kappa shape index (κ2) is 14.6. The van der Waals surface area contributed by atoms with Crippen LogP contribution in [0.25, 0.3) is 77.3 Å². The Morgan fingerprint density at radius 2 is 0.969 bits per heavy atom. The van der Waals surface area contributed by atoms with Gasteiger partial charge in [0.15, 0.2) is 0 Å². The van der Waals surface area contributed by atoms with Crippen molar-refractivity contribution in [2.24, 2.45) is 0 Å². The Bertz CT molecular complexity index is 3550. The summed E-state index contributed by atoms with van der Waals surface area (Å²) in [5.41, 5.74) is 18.3. The highest BCUT2D eigenvalue weighted by atomic mass is 16.3. The van der Waals surface area contributed by atoms with Gasteiger partial charge in [-0.1, -0.05) is 158 Å². The second-order valence-corrected chi connectivity index (χ2v) is 16.8. The smallest absolute Gasteiger partial charge is 0.143 e. The number of fused-ring (bicyclic) bond motifs is 10. The Morgan fingerprint density at radius 3 is 1.62 bits per heavy atom.